The van der Waals surface area contributed by atoms with Crippen molar-refractivity contribution in [2.24, 2.45) is 0 Å². The lowest BCUT2D eigenvalue weighted by atomic mass is 10.1. The van der Waals surface area contributed by atoms with Crippen LogP contribution in [0.2, 0.25) is 0 Å². The maximum Gasteiger partial charge on any atom is 0.0870 e. The van der Waals surface area contributed by atoms with Crippen LogP contribution in [0.3, 0.4) is 0 Å². The highest BCUT2D eigenvalue weighted by atomic mass is 16.4. The standard InChI is InChI=1S/2C9H15N.C2H2O4/c2*10-8-4-3-7-9-5-1-2-6-9;3-1(4)2(5)6/h2*1-2,5H,3-4,6-8,10H2;(H,3,4)(H,5,6). The van der Waals surface area contributed by atoms with Crippen molar-refractivity contribution >= 4 is 11.9 Å². The van der Waals surface area contributed by atoms with E-state index in [9.17, 15) is 0 Å². The van der Waals surface area contributed by atoms with E-state index in [1.807, 2.05) is 0 Å². The molecule has 2 aliphatic rings. The van der Waals surface area contributed by atoms with Crippen molar-refractivity contribution in [1.82, 2.24) is 0 Å². The minimum atomic E-state index is -2.19. The van der Waals surface area contributed by atoms with E-state index < -0.39 is 11.9 Å². The van der Waals surface area contributed by atoms with Crippen molar-refractivity contribution in [2.75, 3.05) is 13.1 Å². The molecule has 0 unspecified atom stereocenters. The van der Waals surface area contributed by atoms with E-state index in [1.165, 1.54) is 51.4 Å². The summed E-state index contributed by atoms with van der Waals surface area (Å²) < 4.78 is 0. The number of hydrogen-bond donors (Lipinski definition) is 2. The zero-order valence-corrected chi connectivity index (χ0v) is 15.6. The lowest BCUT2D eigenvalue weighted by Gasteiger charge is -1.97. The van der Waals surface area contributed by atoms with Crippen LogP contribution in [-0.2, 0) is 9.59 Å². The van der Waals surface area contributed by atoms with Gasteiger partial charge in [0.25, 0.3) is 0 Å². The summed E-state index contributed by atoms with van der Waals surface area (Å²) in [5, 5.41) is 17.9. The molecular weight excluding hydrogens is 332 g/mol. The fourth-order valence-corrected chi connectivity index (χ4v) is 2.41. The van der Waals surface area contributed by atoms with Gasteiger partial charge in [-0.1, -0.05) is 47.6 Å². The van der Waals surface area contributed by atoms with Gasteiger partial charge in [-0.3, -0.25) is 0 Å². The molecule has 0 aromatic rings. The molecule has 6 nitrogen and oxygen atoms in total. The first-order chi connectivity index (χ1) is 12.5. The summed E-state index contributed by atoms with van der Waals surface area (Å²) in [5.74, 6) is -4.37. The summed E-state index contributed by atoms with van der Waals surface area (Å²) in [4.78, 5) is 17.9. The van der Waals surface area contributed by atoms with Crippen LogP contribution in [0.4, 0.5) is 0 Å². The summed E-state index contributed by atoms with van der Waals surface area (Å²) in [6.45, 7) is 2.17. The van der Waals surface area contributed by atoms with Gasteiger partial charge in [-0.2, -0.15) is 0 Å². The third kappa shape index (κ3) is 14.2. The number of carbonyl (C=O) groups is 2. The highest BCUT2D eigenvalue weighted by molar-refractivity contribution is 6.25. The Labute approximate surface area is 156 Å². The quantitative estimate of drug-likeness (QED) is 0.424. The van der Waals surface area contributed by atoms with E-state index in [4.69, 9.17) is 19.8 Å². The second-order valence-corrected chi connectivity index (χ2v) is 6.11. The molecule has 0 heterocycles. The zero-order chi connectivity index (χ0) is 19.6. The van der Waals surface area contributed by atoms with Crippen LogP contribution in [0.1, 0.15) is 51.4 Å². The molecule has 2 rings (SSSR count). The average molecular weight is 364 g/mol. The van der Waals surface area contributed by atoms with Crippen molar-refractivity contribution in [3.8, 4) is 0 Å². The molecule has 0 fully saturated rings. The molecule has 0 saturated heterocycles. The highest BCUT2D eigenvalue weighted by Crippen LogP contribution is 2.17. The smallest absolute Gasteiger partial charge is 0.0870 e. The molecule has 0 bridgehead atoms. The second kappa shape index (κ2) is 16.3. The number of quaternary nitrogens is 2. The fraction of sp³-hybridized carbons (Fsp3) is 0.500. The molecule has 0 aliphatic heterocycles. The van der Waals surface area contributed by atoms with Gasteiger partial charge in [-0.15, -0.1) is 0 Å². The molecule has 2 aliphatic carbocycles. The van der Waals surface area contributed by atoms with E-state index in [1.54, 1.807) is 11.1 Å². The summed E-state index contributed by atoms with van der Waals surface area (Å²) >= 11 is 0. The Morgan fingerprint density at radius 2 is 1.15 bits per heavy atom. The van der Waals surface area contributed by atoms with Crippen LogP contribution in [0, 0.1) is 0 Å². The first kappa shape index (κ1) is 23.8. The van der Waals surface area contributed by atoms with Crippen LogP contribution in [0.25, 0.3) is 0 Å². The van der Waals surface area contributed by atoms with Crippen molar-refractivity contribution in [2.45, 2.75) is 51.4 Å². The van der Waals surface area contributed by atoms with Crippen molar-refractivity contribution in [1.29, 1.82) is 0 Å². The first-order valence-electron chi connectivity index (χ1n) is 9.21. The number of carboxylic acid groups (broad SMARTS) is 2. The van der Waals surface area contributed by atoms with Gasteiger partial charge in [-0.25, -0.2) is 0 Å². The predicted molar refractivity (Wildman–Crippen MR) is 96.9 cm³/mol. The van der Waals surface area contributed by atoms with Crippen molar-refractivity contribution < 1.29 is 31.3 Å². The first-order valence-corrected chi connectivity index (χ1v) is 9.21. The van der Waals surface area contributed by atoms with Crippen LogP contribution in [0.15, 0.2) is 47.6 Å². The Kier molecular flexibility index (Phi) is 14.9. The number of carbonyl (C=O) groups excluding carboxylic acids is 2. The van der Waals surface area contributed by atoms with Crippen LogP contribution >= 0.6 is 0 Å². The number of unbranched alkanes of at least 4 members (excludes halogenated alkanes) is 2. The number of rotatable bonds is 8. The number of carboxylic acids is 2. The zero-order valence-electron chi connectivity index (χ0n) is 15.6. The molecule has 0 aromatic carbocycles. The average Bonchev–Trinajstić information content (AvgIpc) is 3.30. The summed E-state index contributed by atoms with van der Waals surface area (Å²) in [7, 11) is 0. The summed E-state index contributed by atoms with van der Waals surface area (Å²) in [6, 6.07) is 0. The molecule has 0 atom stereocenters. The molecule has 146 valence electrons. The van der Waals surface area contributed by atoms with E-state index in [0.717, 1.165) is 13.1 Å². The molecule has 26 heavy (non-hydrogen) atoms. The predicted octanol–water partition coefficient (Wildman–Crippen LogP) is -0.944. The van der Waals surface area contributed by atoms with E-state index >= 15 is 0 Å². The van der Waals surface area contributed by atoms with Gasteiger partial charge in [0, 0.05) is 0 Å². The lowest BCUT2D eigenvalue weighted by molar-refractivity contribution is -0.368. The normalized spacial score (nSPS) is 13.9. The van der Waals surface area contributed by atoms with Gasteiger partial charge >= 0.3 is 0 Å². The van der Waals surface area contributed by atoms with Gasteiger partial charge in [-0.05, 0) is 51.4 Å². The molecule has 0 radical (unpaired) electrons. The third-order valence-corrected chi connectivity index (χ3v) is 3.86. The van der Waals surface area contributed by atoms with Crippen molar-refractivity contribution in [3.63, 3.8) is 0 Å². The van der Waals surface area contributed by atoms with E-state index in [0.29, 0.717) is 0 Å². The molecule has 0 amide bonds. The fourth-order valence-electron chi connectivity index (χ4n) is 2.41. The molecule has 6 heteroatoms. The van der Waals surface area contributed by atoms with Crippen LogP contribution < -0.4 is 21.7 Å². The van der Waals surface area contributed by atoms with E-state index in [-0.39, 0.29) is 0 Å². The minimum Gasteiger partial charge on any atom is -0.543 e. The summed E-state index contributed by atoms with van der Waals surface area (Å²) in [6.07, 6.45) is 23.4. The topological polar surface area (TPSA) is 136 Å². The Bertz CT molecular complexity index is 486. The maximum absolute atomic E-state index is 8.93. The summed E-state index contributed by atoms with van der Waals surface area (Å²) in [5.41, 5.74) is 10.8. The van der Waals surface area contributed by atoms with Gasteiger partial charge in [0.2, 0.25) is 0 Å². The lowest BCUT2D eigenvalue weighted by Crippen LogP contribution is -2.50. The largest absolute Gasteiger partial charge is 0.543 e. The van der Waals surface area contributed by atoms with Gasteiger partial charge in [0.1, 0.15) is 0 Å². The monoisotopic (exact) mass is 364 g/mol. The maximum atomic E-state index is 8.93. The third-order valence-electron chi connectivity index (χ3n) is 3.86. The highest BCUT2D eigenvalue weighted by Gasteiger charge is 1.98. The van der Waals surface area contributed by atoms with Gasteiger partial charge in [0.15, 0.2) is 0 Å². The molecular formula is C20H32N2O4. The molecule has 6 N–H and O–H groups in total. The van der Waals surface area contributed by atoms with Gasteiger partial charge < -0.3 is 31.3 Å². The Hall–Kier alpha value is -2.18. The molecule has 0 spiro atoms. The van der Waals surface area contributed by atoms with Crippen molar-refractivity contribution in [3.05, 3.63) is 47.6 Å². The van der Waals surface area contributed by atoms with Crippen LogP contribution in [0.5, 0.6) is 0 Å². The molecule has 0 saturated carbocycles. The number of aliphatic carboxylic acids is 2. The number of hydrogen-bond acceptors (Lipinski definition) is 4. The Balaban J connectivity index is 0.000000375. The van der Waals surface area contributed by atoms with Gasteiger partial charge in [0.05, 0.1) is 25.0 Å². The van der Waals surface area contributed by atoms with Crippen LogP contribution in [-0.4, -0.2) is 25.0 Å². The SMILES string of the molecule is O=C([O-])C(=O)[O-].[NH3+]CCCCC1=CC=CC1.[NH3+]CCCCC1=CC=CC1. The Morgan fingerprint density at radius 1 is 0.769 bits per heavy atom. The van der Waals surface area contributed by atoms with E-state index in [2.05, 4.69) is 47.9 Å². The Morgan fingerprint density at radius 3 is 1.38 bits per heavy atom. The number of allylic oxidation sites excluding steroid dienone is 8. The molecule has 0 aromatic heterocycles. The second-order valence-electron chi connectivity index (χ2n) is 6.11. The minimum absolute atomic E-state index is 1.08.